The van der Waals surface area contributed by atoms with Gasteiger partial charge in [0.05, 0.1) is 0 Å². The van der Waals surface area contributed by atoms with Crippen molar-refractivity contribution in [2.75, 3.05) is 0 Å². The third-order valence-corrected chi connectivity index (χ3v) is 6.87. The molecule has 2 heterocycles. The molecule has 0 spiro atoms. The molecule has 0 saturated heterocycles. The predicted octanol–water partition coefficient (Wildman–Crippen LogP) is 5.78. The van der Waals surface area contributed by atoms with Gasteiger partial charge in [-0.2, -0.15) is 0 Å². The number of allylic oxidation sites excluding steroid dienone is 2. The number of aryl methyl sites for hydroxylation is 1. The molecule has 0 bridgehead atoms. The maximum absolute atomic E-state index is 11.1. The Morgan fingerprint density at radius 1 is 1.10 bits per heavy atom. The molecule has 4 rings (SSSR count). The first-order valence-electron chi connectivity index (χ1n) is 12.1. The molecule has 2 aliphatic carbocycles. The zero-order valence-electron chi connectivity index (χ0n) is 18.7. The van der Waals surface area contributed by atoms with Gasteiger partial charge < -0.3 is 14.5 Å². The summed E-state index contributed by atoms with van der Waals surface area (Å²) < 4.78 is 5.50. The van der Waals surface area contributed by atoms with Crippen LogP contribution >= 0.6 is 0 Å². The highest BCUT2D eigenvalue weighted by Gasteiger charge is 2.26. The maximum atomic E-state index is 11.1. The monoisotopic (exact) mass is 421 g/mol. The molecule has 2 N–H and O–H groups in total. The molecular formula is C27H35NO3. The largest absolute Gasteiger partial charge is 0.475 e. The number of aromatic nitrogens is 1. The van der Waals surface area contributed by atoms with Crippen molar-refractivity contribution in [3.63, 3.8) is 0 Å². The van der Waals surface area contributed by atoms with Crippen molar-refractivity contribution in [1.82, 2.24) is 4.98 Å². The average molecular weight is 422 g/mol. The van der Waals surface area contributed by atoms with E-state index in [1.54, 1.807) is 6.07 Å². The van der Waals surface area contributed by atoms with E-state index < -0.39 is 5.97 Å². The fourth-order valence-corrected chi connectivity index (χ4v) is 5.27. The van der Waals surface area contributed by atoms with Crippen molar-refractivity contribution in [2.45, 2.75) is 89.4 Å². The number of carboxylic acids is 1. The quantitative estimate of drug-likeness (QED) is 0.452. The number of nitrogens with one attached hydrogen (secondary N) is 1. The third kappa shape index (κ3) is 5.06. The Hall–Kier alpha value is -2.49. The standard InChI is InChI=1S/C27H35NO3/c1-2-3-4-5-6-7-10-19-11-8-13-22-25(19)26-20(12-9-14-23(26)28-22)15-16-21-17-18-24(31-21)27(29)30/h8,11,13-14,17-20,28H,2-7,9-10,12,15-16H2,1H3,(H,29,30). The van der Waals surface area contributed by atoms with Crippen LogP contribution in [-0.4, -0.2) is 16.1 Å². The summed E-state index contributed by atoms with van der Waals surface area (Å²) in [5.41, 5.74) is 3.01. The normalized spacial score (nSPS) is 19.4. The minimum atomic E-state index is -1.000. The summed E-state index contributed by atoms with van der Waals surface area (Å²) in [6.07, 6.45) is 22.4. The molecule has 0 saturated carbocycles. The number of rotatable bonds is 11. The van der Waals surface area contributed by atoms with Crippen molar-refractivity contribution < 1.29 is 14.3 Å². The highest BCUT2D eigenvalue weighted by Crippen LogP contribution is 2.35. The van der Waals surface area contributed by atoms with Gasteiger partial charge >= 0.3 is 5.97 Å². The van der Waals surface area contributed by atoms with E-state index in [-0.39, 0.29) is 5.76 Å². The summed E-state index contributed by atoms with van der Waals surface area (Å²) >= 11 is 0. The molecule has 2 atom stereocenters. The number of hydrogen-bond acceptors (Lipinski definition) is 2. The number of fused-ring (bicyclic) bond motifs is 3. The SMILES string of the molecule is CCCCCCCCC1C=CC=c2[nH]c3c(c21)C(CCc1ccc(C(=O)O)o1)CCC=3. The molecule has 0 aromatic carbocycles. The smallest absolute Gasteiger partial charge is 0.371 e. The van der Waals surface area contributed by atoms with Crippen LogP contribution in [0.3, 0.4) is 0 Å². The van der Waals surface area contributed by atoms with E-state index in [1.807, 2.05) is 6.07 Å². The van der Waals surface area contributed by atoms with Crippen molar-refractivity contribution >= 4 is 18.1 Å². The third-order valence-electron chi connectivity index (χ3n) is 6.87. The summed E-state index contributed by atoms with van der Waals surface area (Å²) in [6.45, 7) is 2.27. The van der Waals surface area contributed by atoms with Crippen LogP contribution in [0.25, 0.3) is 12.2 Å². The number of hydrogen-bond donors (Lipinski definition) is 2. The van der Waals surface area contributed by atoms with E-state index in [1.165, 1.54) is 66.8 Å². The van der Waals surface area contributed by atoms with Gasteiger partial charge in [0, 0.05) is 23.0 Å². The first-order valence-corrected chi connectivity index (χ1v) is 12.1. The lowest BCUT2D eigenvalue weighted by atomic mass is 9.80. The van der Waals surface area contributed by atoms with E-state index in [9.17, 15) is 4.79 Å². The van der Waals surface area contributed by atoms with E-state index in [0.717, 1.165) is 31.4 Å². The van der Waals surface area contributed by atoms with Crippen LogP contribution in [-0.2, 0) is 6.42 Å². The molecule has 0 amide bonds. The summed E-state index contributed by atoms with van der Waals surface area (Å²) in [5.74, 6) is 0.798. The second-order valence-corrected chi connectivity index (χ2v) is 9.08. The summed E-state index contributed by atoms with van der Waals surface area (Å²) in [4.78, 5) is 14.8. The van der Waals surface area contributed by atoms with Crippen LogP contribution in [0, 0.1) is 0 Å². The summed E-state index contributed by atoms with van der Waals surface area (Å²) in [6, 6.07) is 3.37. The van der Waals surface area contributed by atoms with Gasteiger partial charge in [-0.25, -0.2) is 4.79 Å². The first-order chi connectivity index (χ1) is 15.2. The van der Waals surface area contributed by atoms with Crippen LogP contribution in [0.4, 0.5) is 0 Å². The maximum Gasteiger partial charge on any atom is 0.371 e. The molecule has 2 aromatic rings. The minimum absolute atomic E-state index is 0.0328. The Bertz CT molecular complexity index is 1040. The van der Waals surface area contributed by atoms with Crippen LogP contribution in [0.2, 0.25) is 0 Å². The fraction of sp³-hybridized carbons (Fsp3) is 0.519. The van der Waals surface area contributed by atoms with Gasteiger partial charge in [-0.1, -0.05) is 63.7 Å². The van der Waals surface area contributed by atoms with Gasteiger partial charge in [-0.3, -0.25) is 0 Å². The topological polar surface area (TPSA) is 66.2 Å². The van der Waals surface area contributed by atoms with Gasteiger partial charge in [0.2, 0.25) is 5.76 Å². The molecule has 4 heteroatoms. The Morgan fingerprint density at radius 2 is 1.94 bits per heavy atom. The zero-order valence-corrected chi connectivity index (χ0v) is 18.7. The van der Waals surface area contributed by atoms with Crippen LogP contribution in [0.1, 0.15) is 110 Å². The molecular weight excluding hydrogens is 386 g/mol. The number of H-pyrrole nitrogens is 1. The van der Waals surface area contributed by atoms with E-state index in [4.69, 9.17) is 9.52 Å². The highest BCUT2D eigenvalue weighted by atomic mass is 16.4. The minimum Gasteiger partial charge on any atom is -0.475 e. The highest BCUT2D eigenvalue weighted by molar-refractivity contribution is 5.84. The van der Waals surface area contributed by atoms with Crippen LogP contribution < -0.4 is 10.7 Å². The van der Waals surface area contributed by atoms with E-state index in [0.29, 0.717) is 11.8 Å². The molecule has 166 valence electrons. The molecule has 0 aliphatic heterocycles. The fourth-order valence-electron chi connectivity index (χ4n) is 5.27. The van der Waals surface area contributed by atoms with Crippen LogP contribution in [0.5, 0.6) is 0 Å². The Kier molecular flexibility index (Phi) is 7.16. The van der Waals surface area contributed by atoms with Gasteiger partial charge in [-0.15, -0.1) is 0 Å². The number of aromatic carboxylic acids is 1. The molecule has 2 aromatic heterocycles. The zero-order chi connectivity index (χ0) is 21.6. The summed E-state index contributed by atoms with van der Waals surface area (Å²) in [5, 5.41) is 11.7. The Morgan fingerprint density at radius 3 is 2.74 bits per heavy atom. The predicted molar refractivity (Wildman–Crippen MR) is 125 cm³/mol. The van der Waals surface area contributed by atoms with Gasteiger partial charge in [0.15, 0.2) is 0 Å². The first kappa shape index (κ1) is 21.7. The van der Waals surface area contributed by atoms with Crippen molar-refractivity contribution in [2.24, 2.45) is 0 Å². The number of carboxylic acid groups (broad SMARTS) is 1. The number of furan rings is 1. The molecule has 2 unspecified atom stereocenters. The van der Waals surface area contributed by atoms with E-state index >= 15 is 0 Å². The van der Waals surface area contributed by atoms with Gasteiger partial charge in [0.25, 0.3) is 0 Å². The molecule has 2 aliphatic rings. The summed E-state index contributed by atoms with van der Waals surface area (Å²) in [7, 11) is 0. The van der Waals surface area contributed by atoms with Crippen molar-refractivity contribution in [3.05, 3.63) is 57.6 Å². The lowest BCUT2D eigenvalue weighted by Crippen LogP contribution is -2.19. The second kappa shape index (κ2) is 10.2. The average Bonchev–Trinajstić information content (AvgIpc) is 3.40. The molecule has 4 nitrogen and oxygen atoms in total. The Balaban J connectivity index is 1.46. The van der Waals surface area contributed by atoms with Crippen molar-refractivity contribution in [3.8, 4) is 0 Å². The number of carbonyl (C=O) groups is 1. The molecule has 31 heavy (non-hydrogen) atoms. The number of aromatic amines is 1. The van der Waals surface area contributed by atoms with Crippen LogP contribution in [0.15, 0.2) is 28.7 Å². The molecule has 0 fully saturated rings. The Labute approximate surface area is 184 Å². The second-order valence-electron chi connectivity index (χ2n) is 9.08. The number of unbranched alkanes of at least 4 members (excludes halogenated alkanes) is 5. The molecule has 0 radical (unpaired) electrons. The van der Waals surface area contributed by atoms with E-state index in [2.05, 4.69) is 36.2 Å². The van der Waals surface area contributed by atoms with Gasteiger partial charge in [-0.05, 0) is 60.9 Å². The lowest BCUT2D eigenvalue weighted by Gasteiger charge is -2.24. The van der Waals surface area contributed by atoms with Gasteiger partial charge in [0.1, 0.15) is 5.76 Å². The lowest BCUT2D eigenvalue weighted by molar-refractivity contribution is 0.0660. The van der Waals surface area contributed by atoms with Crippen molar-refractivity contribution in [1.29, 1.82) is 0 Å².